The minimum absolute atomic E-state index is 0.00570. The number of benzene rings is 2. The van der Waals surface area contributed by atoms with Gasteiger partial charge in [-0.2, -0.15) is 0 Å². The molecule has 1 aliphatic carbocycles. The van der Waals surface area contributed by atoms with Crippen LogP contribution in [0.5, 0.6) is 5.75 Å². The lowest BCUT2D eigenvalue weighted by molar-refractivity contribution is 0.146. The molecule has 0 aromatic heterocycles. The zero-order valence-electron chi connectivity index (χ0n) is 14.0. The topological polar surface area (TPSA) is 59.6 Å². The molecule has 2 aromatic carbocycles. The molecule has 2 N–H and O–H groups in total. The van der Waals surface area contributed by atoms with Gasteiger partial charge in [0, 0.05) is 12.1 Å². The summed E-state index contributed by atoms with van der Waals surface area (Å²) >= 11 is 6.03. The van der Waals surface area contributed by atoms with Crippen molar-refractivity contribution >= 4 is 23.3 Å². The summed E-state index contributed by atoms with van der Waals surface area (Å²) in [6.07, 6.45) is 1.78. The first-order valence-electron chi connectivity index (χ1n) is 8.24. The number of fused-ring (bicyclic) bond motifs is 1. The third-order valence-electron chi connectivity index (χ3n) is 4.17. The van der Waals surface area contributed by atoms with Crippen LogP contribution in [0.2, 0.25) is 5.02 Å². The van der Waals surface area contributed by atoms with E-state index in [1.54, 1.807) is 7.11 Å². The van der Waals surface area contributed by atoms with Crippen LogP contribution in [-0.4, -0.2) is 26.4 Å². The van der Waals surface area contributed by atoms with Gasteiger partial charge in [0.15, 0.2) is 0 Å². The number of carbonyl (C=O) groups excluding carboxylic acids is 1. The molecule has 0 heterocycles. The number of methoxy groups -OCH3 is 1. The molecule has 1 unspecified atom stereocenters. The van der Waals surface area contributed by atoms with Gasteiger partial charge in [-0.15, -0.1) is 0 Å². The highest BCUT2D eigenvalue weighted by molar-refractivity contribution is 6.30. The number of amides is 2. The number of nitrogens with one attached hydrogen (secondary N) is 2. The van der Waals surface area contributed by atoms with Gasteiger partial charge in [0.05, 0.1) is 18.3 Å². The number of carbonyl (C=O) groups is 1. The monoisotopic (exact) mass is 360 g/mol. The average Bonchev–Trinajstić information content (AvgIpc) is 2.98. The zero-order valence-corrected chi connectivity index (χ0v) is 14.8. The Morgan fingerprint density at radius 3 is 2.92 bits per heavy atom. The predicted octanol–water partition coefficient (Wildman–Crippen LogP) is 4.17. The molecule has 3 rings (SSSR count). The van der Waals surface area contributed by atoms with Crippen molar-refractivity contribution in [3.8, 4) is 5.75 Å². The van der Waals surface area contributed by atoms with Crippen molar-refractivity contribution in [3.05, 3.63) is 58.6 Å². The summed E-state index contributed by atoms with van der Waals surface area (Å²) in [5.41, 5.74) is 2.95. The van der Waals surface area contributed by atoms with Gasteiger partial charge in [-0.3, -0.25) is 0 Å². The summed E-state index contributed by atoms with van der Waals surface area (Å²) in [5, 5.41) is 6.62. The third-order valence-corrected chi connectivity index (χ3v) is 4.40. The van der Waals surface area contributed by atoms with E-state index < -0.39 is 0 Å². The largest absolute Gasteiger partial charge is 0.489 e. The maximum Gasteiger partial charge on any atom is 0.319 e. The molecule has 25 heavy (non-hydrogen) atoms. The van der Waals surface area contributed by atoms with Crippen LogP contribution in [0.1, 0.15) is 23.6 Å². The minimum atomic E-state index is -0.254. The van der Waals surface area contributed by atoms with Gasteiger partial charge in [0.25, 0.3) is 0 Å². The predicted molar refractivity (Wildman–Crippen MR) is 98.5 cm³/mol. The van der Waals surface area contributed by atoms with E-state index in [-0.39, 0.29) is 12.1 Å². The molecular weight excluding hydrogens is 340 g/mol. The van der Waals surface area contributed by atoms with Crippen molar-refractivity contribution in [1.29, 1.82) is 0 Å². The molecule has 6 heteroatoms. The quantitative estimate of drug-likeness (QED) is 0.760. The SMILES string of the molecule is COCCOc1ccccc1NC(=O)NC1CCc2cc(Cl)ccc21. The number of aryl methyl sites for hydroxylation is 1. The summed E-state index contributed by atoms with van der Waals surface area (Å²) < 4.78 is 10.6. The first kappa shape index (κ1) is 17.6. The van der Waals surface area contributed by atoms with Gasteiger partial charge in [0.2, 0.25) is 0 Å². The van der Waals surface area contributed by atoms with E-state index in [1.807, 2.05) is 42.5 Å². The van der Waals surface area contributed by atoms with E-state index in [1.165, 1.54) is 5.56 Å². The lowest BCUT2D eigenvalue weighted by Gasteiger charge is -2.17. The third kappa shape index (κ3) is 4.44. The van der Waals surface area contributed by atoms with Gasteiger partial charge in [-0.1, -0.05) is 29.8 Å². The van der Waals surface area contributed by atoms with E-state index in [0.29, 0.717) is 24.7 Å². The van der Waals surface area contributed by atoms with Crippen LogP contribution in [0, 0.1) is 0 Å². The number of para-hydroxylation sites is 2. The van der Waals surface area contributed by atoms with E-state index >= 15 is 0 Å². The van der Waals surface area contributed by atoms with Gasteiger partial charge >= 0.3 is 6.03 Å². The van der Waals surface area contributed by atoms with Crippen LogP contribution in [-0.2, 0) is 11.2 Å². The number of hydrogen-bond donors (Lipinski definition) is 2. The summed E-state index contributed by atoms with van der Waals surface area (Å²) in [7, 11) is 1.62. The Balaban J connectivity index is 1.63. The molecule has 1 aliphatic rings. The Labute approximate surface area is 152 Å². The smallest absolute Gasteiger partial charge is 0.319 e. The van der Waals surface area contributed by atoms with E-state index in [9.17, 15) is 4.79 Å². The second-order valence-electron chi connectivity index (χ2n) is 5.87. The van der Waals surface area contributed by atoms with E-state index in [0.717, 1.165) is 23.4 Å². The average molecular weight is 361 g/mol. The minimum Gasteiger partial charge on any atom is -0.489 e. The number of hydrogen-bond acceptors (Lipinski definition) is 3. The molecule has 0 spiro atoms. The first-order valence-corrected chi connectivity index (χ1v) is 8.62. The summed E-state index contributed by atoms with van der Waals surface area (Å²) in [4.78, 5) is 12.4. The fraction of sp³-hybridized carbons (Fsp3) is 0.316. The van der Waals surface area contributed by atoms with Crippen LogP contribution in [0.3, 0.4) is 0 Å². The standard InChI is InChI=1S/C19H21ClN2O3/c1-24-10-11-25-18-5-3-2-4-17(18)22-19(23)21-16-9-6-13-12-14(20)7-8-15(13)16/h2-5,7-8,12,16H,6,9-11H2,1H3,(H2,21,22,23). The molecule has 0 radical (unpaired) electrons. The number of halogens is 1. The maximum absolute atomic E-state index is 12.4. The Hall–Kier alpha value is -2.24. The molecule has 0 bridgehead atoms. The highest BCUT2D eigenvalue weighted by Crippen LogP contribution is 2.33. The van der Waals surface area contributed by atoms with Crippen LogP contribution in [0.15, 0.2) is 42.5 Å². The Bertz CT molecular complexity index is 751. The van der Waals surface area contributed by atoms with Crippen LogP contribution < -0.4 is 15.4 Å². The lowest BCUT2D eigenvalue weighted by Crippen LogP contribution is -2.31. The van der Waals surface area contributed by atoms with Crippen molar-refractivity contribution in [2.24, 2.45) is 0 Å². The molecular formula is C19H21ClN2O3. The fourth-order valence-electron chi connectivity index (χ4n) is 2.98. The normalized spacial score (nSPS) is 15.5. The molecule has 0 aliphatic heterocycles. The van der Waals surface area contributed by atoms with Crippen molar-refractivity contribution in [3.63, 3.8) is 0 Å². The second kappa shape index (κ2) is 8.23. The highest BCUT2D eigenvalue weighted by atomic mass is 35.5. The van der Waals surface area contributed by atoms with Gasteiger partial charge in [-0.05, 0) is 48.2 Å². The van der Waals surface area contributed by atoms with Crippen molar-refractivity contribution in [1.82, 2.24) is 5.32 Å². The van der Waals surface area contributed by atoms with Crippen LogP contribution in [0.4, 0.5) is 10.5 Å². The highest BCUT2D eigenvalue weighted by Gasteiger charge is 2.24. The van der Waals surface area contributed by atoms with E-state index in [2.05, 4.69) is 10.6 Å². The maximum atomic E-state index is 12.4. The number of anilines is 1. The molecule has 5 nitrogen and oxygen atoms in total. The molecule has 0 saturated carbocycles. The van der Waals surface area contributed by atoms with Crippen LogP contribution >= 0.6 is 11.6 Å². The Morgan fingerprint density at radius 2 is 2.08 bits per heavy atom. The fourth-order valence-corrected chi connectivity index (χ4v) is 3.18. The van der Waals surface area contributed by atoms with Gasteiger partial charge in [0.1, 0.15) is 12.4 Å². The molecule has 132 valence electrons. The molecule has 1 atom stereocenters. The van der Waals surface area contributed by atoms with Gasteiger partial charge in [-0.25, -0.2) is 4.79 Å². The number of urea groups is 1. The molecule has 0 saturated heterocycles. The molecule has 0 fully saturated rings. The Kier molecular flexibility index (Phi) is 5.79. The number of rotatable bonds is 6. The summed E-state index contributed by atoms with van der Waals surface area (Å²) in [6.45, 7) is 0.912. The van der Waals surface area contributed by atoms with Crippen LogP contribution in [0.25, 0.3) is 0 Å². The second-order valence-corrected chi connectivity index (χ2v) is 6.31. The van der Waals surface area contributed by atoms with Gasteiger partial charge < -0.3 is 20.1 Å². The lowest BCUT2D eigenvalue weighted by atomic mass is 10.1. The molecule has 2 amide bonds. The van der Waals surface area contributed by atoms with Crippen molar-refractivity contribution in [2.45, 2.75) is 18.9 Å². The molecule has 2 aromatic rings. The zero-order chi connectivity index (χ0) is 17.6. The summed E-state index contributed by atoms with van der Waals surface area (Å²) in [5.74, 6) is 0.619. The van der Waals surface area contributed by atoms with Crippen molar-refractivity contribution < 1.29 is 14.3 Å². The number of ether oxygens (including phenoxy) is 2. The van der Waals surface area contributed by atoms with Crippen molar-refractivity contribution in [2.75, 3.05) is 25.6 Å². The Morgan fingerprint density at radius 1 is 1.24 bits per heavy atom. The summed E-state index contributed by atoms with van der Waals surface area (Å²) in [6, 6.07) is 12.9. The first-order chi connectivity index (χ1) is 12.2. The van der Waals surface area contributed by atoms with E-state index in [4.69, 9.17) is 21.1 Å².